The molecule has 0 bridgehead atoms. The molecule has 0 aromatic heterocycles. The number of nitrogens with zero attached hydrogens (tertiary/aromatic N) is 1. The number of hydrogen-bond acceptors (Lipinski definition) is 3. The summed E-state index contributed by atoms with van der Waals surface area (Å²) >= 11 is 0. The first-order chi connectivity index (χ1) is 12.1. The third kappa shape index (κ3) is 5.30. The first kappa shape index (κ1) is 17.9. The fourth-order valence-electron chi connectivity index (χ4n) is 3.18. The minimum absolute atomic E-state index is 0.00421. The van der Waals surface area contributed by atoms with Crippen LogP contribution >= 0.6 is 0 Å². The molecule has 3 rings (SSSR count). The molecule has 1 saturated heterocycles. The van der Waals surface area contributed by atoms with E-state index < -0.39 is 0 Å². The van der Waals surface area contributed by atoms with Crippen LogP contribution in [0, 0.1) is 11.8 Å². The molecule has 2 amide bonds. The third-order valence-corrected chi connectivity index (χ3v) is 5.11. The van der Waals surface area contributed by atoms with Crippen LogP contribution < -0.4 is 5.32 Å². The summed E-state index contributed by atoms with van der Waals surface area (Å²) in [7, 11) is 0. The molecule has 1 unspecified atom stereocenters. The van der Waals surface area contributed by atoms with Crippen molar-refractivity contribution in [2.45, 2.75) is 45.3 Å². The Morgan fingerprint density at radius 2 is 1.84 bits per heavy atom. The molecule has 1 saturated carbocycles. The maximum absolute atomic E-state index is 12.4. The van der Waals surface area contributed by atoms with E-state index in [0.717, 1.165) is 18.4 Å². The fraction of sp³-hybridized carbons (Fsp3) is 0.600. The first-order valence-electron chi connectivity index (χ1n) is 9.35. The predicted octanol–water partition coefficient (Wildman–Crippen LogP) is 2.36. The maximum atomic E-state index is 12.4. The second-order valence-corrected chi connectivity index (χ2v) is 7.22. The maximum Gasteiger partial charge on any atom is 0.251 e. The number of likely N-dealkylation sites (tertiary alicyclic amines) is 1. The predicted molar refractivity (Wildman–Crippen MR) is 95.7 cm³/mol. The van der Waals surface area contributed by atoms with E-state index in [1.807, 2.05) is 42.2 Å². The number of benzene rings is 1. The largest absolute Gasteiger partial charge is 0.368 e. The number of carbonyl (C=O) groups is 2. The third-order valence-electron chi connectivity index (χ3n) is 5.11. The molecule has 136 valence electrons. The Balaban J connectivity index is 1.38. The summed E-state index contributed by atoms with van der Waals surface area (Å²) in [5, 5.41) is 3.01. The van der Waals surface area contributed by atoms with Crippen molar-refractivity contribution in [2.24, 2.45) is 11.8 Å². The van der Waals surface area contributed by atoms with E-state index in [1.165, 1.54) is 12.8 Å². The summed E-state index contributed by atoms with van der Waals surface area (Å²) in [4.78, 5) is 26.6. The number of piperidine rings is 1. The van der Waals surface area contributed by atoms with Crippen LogP contribution in [0.3, 0.4) is 0 Å². The number of nitrogens with one attached hydrogen (secondary N) is 1. The van der Waals surface area contributed by atoms with Crippen LogP contribution in [-0.4, -0.2) is 42.5 Å². The normalized spacial score (nSPS) is 19.5. The molecule has 25 heavy (non-hydrogen) atoms. The van der Waals surface area contributed by atoms with Gasteiger partial charge < -0.3 is 15.0 Å². The molecule has 2 fully saturated rings. The summed E-state index contributed by atoms with van der Waals surface area (Å²) in [5.74, 6) is 0.808. The van der Waals surface area contributed by atoms with Crippen LogP contribution in [0.1, 0.15) is 38.2 Å². The quantitative estimate of drug-likeness (QED) is 0.826. The highest BCUT2D eigenvalue weighted by Gasteiger charge is 2.30. The van der Waals surface area contributed by atoms with Gasteiger partial charge in [-0.3, -0.25) is 9.59 Å². The Kier molecular flexibility index (Phi) is 6.08. The van der Waals surface area contributed by atoms with E-state index in [4.69, 9.17) is 4.74 Å². The van der Waals surface area contributed by atoms with E-state index in [2.05, 4.69) is 5.32 Å². The van der Waals surface area contributed by atoms with Gasteiger partial charge in [0.2, 0.25) is 5.91 Å². The van der Waals surface area contributed by atoms with Crippen LogP contribution in [0.15, 0.2) is 30.3 Å². The van der Waals surface area contributed by atoms with Crippen molar-refractivity contribution in [1.29, 1.82) is 0 Å². The number of amides is 2. The van der Waals surface area contributed by atoms with Crippen molar-refractivity contribution >= 4 is 11.8 Å². The van der Waals surface area contributed by atoms with Gasteiger partial charge in [0.25, 0.3) is 5.91 Å². The summed E-state index contributed by atoms with van der Waals surface area (Å²) in [5.41, 5.74) is 1.10. The fourth-order valence-corrected chi connectivity index (χ4v) is 3.18. The van der Waals surface area contributed by atoms with E-state index in [-0.39, 0.29) is 23.8 Å². The molecule has 0 spiro atoms. The van der Waals surface area contributed by atoms with Crippen LogP contribution in [0.25, 0.3) is 0 Å². The molecule has 1 aliphatic heterocycles. The number of hydrogen-bond donors (Lipinski definition) is 1. The molecule has 1 N–H and O–H groups in total. The minimum Gasteiger partial charge on any atom is -0.368 e. The summed E-state index contributed by atoms with van der Waals surface area (Å²) in [6.45, 7) is 4.37. The summed E-state index contributed by atoms with van der Waals surface area (Å²) in [6.07, 6.45) is 3.53. The second-order valence-electron chi connectivity index (χ2n) is 7.22. The van der Waals surface area contributed by atoms with E-state index >= 15 is 0 Å². The first-order valence-corrected chi connectivity index (χ1v) is 9.35. The van der Waals surface area contributed by atoms with Crippen molar-refractivity contribution in [2.75, 3.05) is 19.7 Å². The standard InChI is InChI=1S/C20H28N2O3/c1-15(25-14-17-7-8-17)20(24)22-11-9-18(10-12-22)19(23)21-13-16-5-3-2-4-6-16/h2-6,15,17-18H,7-14H2,1H3,(H,21,23). The van der Waals surface area contributed by atoms with E-state index in [9.17, 15) is 9.59 Å². The number of carbonyl (C=O) groups excluding carboxylic acids is 2. The number of ether oxygens (including phenoxy) is 1. The zero-order chi connectivity index (χ0) is 17.6. The molecule has 1 aromatic rings. The molecule has 2 aliphatic rings. The molecular weight excluding hydrogens is 316 g/mol. The van der Waals surface area contributed by atoms with Crippen molar-refractivity contribution in [3.8, 4) is 0 Å². The van der Waals surface area contributed by atoms with E-state index in [0.29, 0.717) is 32.2 Å². The lowest BCUT2D eigenvalue weighted by Crippen LogP contribution is -2.46. The Bertz CT molecular complexity index is 578. The molecular formula is C20H28N2O3. The SMILES string of the molecule is CC(OCC1CC1)C(=O)N1CCC(C(=O)NCc2ccccc2)CC1. The lowest BCUT2D eigenvalue weighted by Gasteiger charge is -2.33. The van der Waals surface area contributed by atoms with Gasteiger partial charge in [0.15, 0.2) is 0 Å². The molecule has 1 aromatic carbocycles. The smallest absolute Gasteiger partial charge is 0.251 e. The second kappa shape index (κ2) is 8.48. The average Bonchev–Trinajstić information content (AvgIpc) is 3.49. The van der Waals surface area contributed by atoms with Crippen LogP contribution in [0.2, 0.25) is 0 Å². The van der Waals surface area contributed by atoms with Gasteiger partial charge >= 0.3 is 0 Å². The van der Waals surface area contributed by atoms with Crippen molar-refractivity contribution in [3.05, 3.63) is 35.9 Å². The van der Waals surface area contributed by atoms with Gasteiger partial charge in [0.1, 0.15) is 6.10 Å². The topological polar surface area (TPSA) is 58.6 Å². The summed E-state index contributed by atoms with van der Waals surface area (Å²) < 4.78 is 5.67. The van der Waals surface area contributed by atoms with Gasteiger partial charge in [-0.25, -0.2) is 0 Å². The Morgan fingerprint density at radius 1 is 1.16 bits per heavy atom. The highest BCUT2D eigenvalue weighted by atomic mass is 16.5. The van der Waals surface area contributed by atoms with Crippen molar-refractivity contribution in [1.82, 2.24) is 10.2 Å². The monoisotopic (exact) mass is 344 g/mol. The van der Waals surface area contributed by atoms with Crippen LogP contribution in [-0.2, 0) is 20.9 Å². The molecule has 1 atom stereocenters. The average molecular weight is 344 g/mol. The molecule has 1 aliphatic carbocycles. The lowest BCUT2D eigenvalue weighted by atomic mass is 9.95. The Labute approximate surface area is 149 Å². The Hall–Kier alpha value is -1.88. The highest BCUT2D eigenvalue weighted by Crippen LogP contribution is 2.29. The molecule has 5 heteroatoms. The lowest BCUT2D eigenvalue weighted by molar-refractivity contribution is -0.145. The van der Waals surface area contributed by atoms with Gasteiger partial charge in [-0.2, -0.15) is 0 Å². The van der Waals surface area contributed by atoms with Gasteiger partial charge in [-0.1, -0.05) is 30.3 Å². The van der Waals surface area contributed by atoms with Crippen molar-refractivity contribution < 1.29 is 14.3 Å². The molecule has 0 radical (unpaired) electrons. The van der Waals surface area contributed by atoms with Gasteiger partial charge in [0, 0.05) is 25.6 Å². The van der Waals surface area contributed by atoms with E-state index in [1.54, 1.807) is 0 Å². The van der Waals surface area contributed by atoms with Crippen LogP contribution in [0.4, 0.5) is 0 Å². The van der Waals surface area contributed by atoms with Crippen LogP contribution in [0.5, 0.6) is 0 Å². The van der Waals surface area contributed by atoms with Gasteiger partial charge in [0.05, 0.1) is 6.61 Å². The highest BCUT2D eigenvalue weighted by molar-refractivity contribution is 5.82. The zero-order valence-corrected chi connectivity index (χ0v) is 14.9. The summed E-state index contributed by atoms with van der Waals surface area (Å²) in [6, 6.07) is 9.92. The van der Waals surface area contributed by atoms with Gasteiger partial charge in [-0.15, -0.1) is 0 Å². The zero-order valence-electron chi connectivity index (χ0n) is 14.9. The number of rotatable bonds is 7. The van der Waals surface area contributed by atoms with Crippen molar-refractivity contribution in [3.63, 3.8) is 0 Å². The molecule has 5 nitrogen and oxygen atoms in total. The minimum atomic E-state index is -0.371. The Morgan fingerprint density at radius 3 is 2.48 bits per heavy atom. The van der Waals surface area contributed by atoms with Gasteiger partial charge in [-0.05, 0) is 44.1 Å². The molecule has 1 heterocycles.